The van der Waals surface area contributed by atoms with Crippen LogP contribution in [0.15, 0.2) is 5.16 Å². The third-order valence-corrected chi connectivity index (χ3v) is 3.85. The van der Waals surface area contributed by atoms with Crippen molar-refractivity contribution in [1.82, 2.24) is 20.2 Å². The second kappa shape index (κ2) is 12.4. The summed E-state index contributed by atoms with van der Waals surface area (Å²) in [6.45, 7) is 2.81. The Morgan fingerprint density at radius 1 is 1.08 bits per heavy atom. The second-order valence-electron chi connectivity index (χ2n) is 5.84. The van der Waals surface area contributed by atoms with Gasteiger partial charge in [-0.3, -0.25) is 0 Å². The third-order valence-electron chi connectivity index (χ3n) is 3.85. The number of nitrogens with zero attached hydrogens (tertiary/aromatic N) is 5. The fourth-order valence-electron chi connectivity index (χ4n) is 2.54. The molecule has 1 rings (SSSR count). The predicted octanol–water partition coefficient (Wildman–Crippen LogP) is 3.03. The van der Waals surface area contributed by atoms with Gasteiger partial charge in [0.15, 0.2) is 0 Å². The SMILES string of the molecule is CCCCCCCCCCCCn1nnnc1C(=NOC)C(=O)O. The van der Waals surface area contributed by atoms with Gasteiger partial charge in [-0.2, -0.15) is 0 Å². The molecule has 1 heterocycles. The van der Waals surface area contributed by atoms with Crippen LogP contribution < -0.4 is 0 Å². The number of carboxylic acid groups (broad SMARTS) is 1. The van der Waals surface area contributed by atoms with E-state index in [1.54, 1.807) is 0 Å². The summed E-state index contributed by atoms with van der Waals surface area (Å²) >= 11 is 0. The lowest BCUT2D eigenvalue weighted by Gasteiger charge is -2.05. The number of hydrogen-bond acceptors (Lipinski definition) is 6. The molecule has 1 aromatic rings. The largest absolute Gasteiger partial charge is 0.476 e. The first-order valence-corrected chi connectivity index (χ1v) is 8.81. The third kappa shape index (κ3) is 7.52. The topological polar surface area (TPSA) is 102 Å². The summed E-state index contributed by atoms with van der Waals surface area (Å²) in [7, 11) is 1.29. The molecule has 0 aliphatic rings. The quantitative estimate of drug-likeness (QED) is 0.317. The molecule has 8 nitrogen and oxygen atoms in total. The maximum atomic E-state index is 11.2. The van der Waals surface area contributed by atoms with E-state index in [9.17, 15) is 4.79 Å². The van der Waals surface area contributed by atoms with E-state index in [1.807, 2.05) is 0 Å². The Hall–Kier alpha value is -1.99. The average Bonchev–Trinajstić information content (AvgIpc) is 3.02. The van der Waals surface area contributed by atoms with Gasteiger partial charge in [0.1, 0.15) is 7.11 Å². The molecule has 24 heavy (non-hydrogen) atoms. The molecule has 0 saturated heterocycles. The van der Waals surface area contributed by atoms with E-state index < -0.39 is 5.97 Å². The number of unbranched alkanes of at least 4 members (excludes halogenated alkanes) is 9. The van der Waals surface area contributed by atoms with Crippen molar-refractivity contribution in [2.45, 2.75) is 77.7 Å². The van der Waals surface area contributed by atoms with Crippen molar-refractivity contribution in [3.63, 3.8) is 0 Å². The molecule has 1 N–H and O–H groups in total. The van der Waals surface area contributed by atoms with Crippen molar-refractivity contribution >= 4 is 11.7 Å². The Bertz CT molecular complexity index is 502. The Morgan fingerprint density at radius 3 is 2.21 bits per heavy atom. The predicted molar refractivity (Wildman–Crippen MR) is 90.8 cm³/mol. The summed E-state index contributed by atoms with van der Waals surface area (Å²) in [5.74, 6) is -1.09. The van der Waals surface area contributed by atoms with Gasteiger partial charge in [0, 0.05) is 6.54 Å². The number of rotatable bonds is 14. The van der Waals surface area contributed by atoms with Gasteiger partial charge in [0.05, 0.1) is 0 Å². The number of oxime groups is 1. The van der Waals surface area contributed by atoms with Gasteiger partial charge in [0.25, 0.3) is 0 Å². The van der Waals surface area contributed by atoms with Crippen LogP contribution in [0.3, 0.4) is 0 Å². The van der Waals surface area contributed by atoms with Crippen LogP contribution in [0, 0.1) is 0 Å². The van der Waals surface area contributed by atoms with Crippen molar-refractivity contribution in [2.24, 2.45) is 5.16 Å². The normalized spacial score (nSPS) is 11.7. The van der Waals surface area contributed by atoms with Crippen LogP contribution in [0.25, 0.3) is 0 Å². The standard InChI is InChI=1S/C16H29N5O3/c1-3-4-5-6-7-8-9-10-11-12-13-21-15(17-19-20-21)14(16(22)23)18-24-2/h3-13H2,1-2H3,(H,22,23). The molecule has 0 amide bonds. The molecule has 0 radical (unpaired) electrons. The van der Waals surface area contributed by atoms with E-state index in [4.69, 9.17) is 5.11 Å². The Balaban J connectivity index is 2.24. The van der Waals surface area contributed by atoms with E-state index in [1.165, 1.54) is 63.2 Å². The number of aryl methyl sites for hydroxylation is 1. The Morgan fingerprint density at radius 2 is 1.67 bits per heavy atom. The smallest absolute Gasteiger partial charge is 0.362 e. The highest BCUT2D eigenvalue weighted by Crippen LogP contribution is 2.11. The first kappa shape index (κ1) is 20.1. The van der Waals surface area contributed by atoms with Crippen molar-refractivity contribution in [3.05, 3.63) is 5.82 Å². The first-order valence-electron chi connectivity index (χ1n) is 8.81. The monoisotopic (exact) mass is 339 g/mol. The molecule has 0 atom stereocenters. The first-order chi connectivity index (χ1) is 11.7. The second-order valence-corrected chi connectivity index (χ2v) is 5.84. The van der Waals surface area contributed by atoms with Gasteiger partial charge in [-0.25, -0.2) is 9.48 Å². The molecular formula is C16H29N5O3. The maximum absolute atomic E-state index is 11.2. The average molecular weight is 339 g/mol. The zero-order valence-electron chi connectivity index (χ0n) is 14.8. The number of aliphatic carboxylic acids is 1. The van der Waals surface area contributed by atoms with Crippen LogP contribution in [-0.2, 0) is 16.2 Å². The lowest BCUT2D eigenvalue weighted by molar-refractivity contribution is -0.129. The molecule has 0 unspecified atom stereocenters. The fourth-order valence-corrected chi connectivity index (χ4v) is 2.54. The van der Waals surface area contributed by atoms with E-state index in [2.05, 4.69) is 32.4 Å². The highest BCUT2D eigenvalue weighted by Gasteiger charge is 2.21. The van der Waals surface area contributed by atoms with Gasteiger partial charge in [0.2, 0.25) is 11.5 Å². The summed E-state index contributed by atoms with van der Waals surface area (Å²) in [4.78, 5) is 15.7. The van der Waals surface area contributed by atoms with Crippen molar-refractivity contribution in [3.8, 4) is 0 Å². The van der Waals surface area contributed by atoms with E-state index in [0.717, 1.165) is 12.8 Å². The molecule has 0 aliphatic heterocycles. The molecule has 8 heteroatoms. The number of aromatic nitrogens is 4. The number of carboxylic acids is 1. The minimum atomic E-state index is -1.21. The van der Waals surface area contributed by atoms with Crippen molar-refractivity contribution < 1.29 is 14.7 Å². The van der Waals surface area contributed by atoms with E-state index in [-0.39, 0.29) is 11.5 Å². The molecular weight excluding hydrogens is 310 g/mol. The van der Waals surface area contributed by atoms with Gasteiger partial charge >= 0.3 is 5.97 Å². The minimum absolute atomic E-state index is 0.125. The summed E-state index contributed by atoms with van der Waals surface area (Å²) in [6, 6.07) is 0. The molecule has 0 saturated carbocycles. The van der Waals surface area contributed by atoms with Crippen LogP contribution in [0.1, 0.15) is 77.0 Å². The number of tetrazole rings is 1. The lowest BCUT2D eigenvalue weighted by Crippen LogP contribution is -2.21. The van der Waals surface area contributed by atoms with Gasteiger partial charge in [-0.05, 0) is 16.8 Å². The van der Waals surface area contributed by atoms with Crippen LogP contribution in [0.5, 0.6) is 0 Å². The van der Waals surface area contributed by atoms with Gasteiger partial charge in [-0.15, -0.1) is 5.10 Å². The zero-order valence-corrected chi connectivity index (χ0v) is 14.8. The number of hydrogen-bond donors (Lipinski definition) is 1. The van der Waals surface area contributed by atoms with Crippen molar-refractivity contribution in [2.75, 3.05) is 7.11 Å². The molecule has 0 aliphatic carbocycles. The summed E-state index contributed by atoms with van der Waals surface area (Å²) in [5.41, 5.74) is -0.283. The van der Waals surface area contributed by atoms with E-state index in [0.29, 0.717) is 6.54 Å². The molecule has 0 spiro atoms. The molecule has 0 fully saturated rings. The van der Waals surface area contributed by atoms with Crippen LogP contribution in [0.4, 0.5) is 0 Å². The molecule has 1 aromatic heterocycles. The van der Waals surface area contributed by atoms with Gasteiger partial charge in [-0.1, -0.05) is 69.9 Å². The zero-order chi connectivity index (χ0) is 17.6. The van der Waals surface area contributed by atoms with Crippen LogP contribution in [0.2, 0.25) is 0 Å². The number of carbonyl (C=O) groups is 1. The Kier molecular flexibility index (Phi) is 10.4. The lowest BCUT2D eigenvalue weighted by atomic mass is 10.1. The molecule has 0 aromatic carbocycles. The molecule has 0 bridgehead atoms. The highest BCUT2D eigenvalue weighted by molar-refractivity contribution is 6.41. The maximum Gasteiger partial charge on any atom is 0.362 e. The molecule has 136 valence electrons. The summed E-state index contributed by atoms with van der Waals surface area (Å²) < 4.78 is 1.47. The Labute approximate surface area is 143 Å². The van der Waals surface area contributed by atoms with Crippen molar-refractivity contribution in [1.29, 1.82) is 0 Å². The van der Waals surface area contributed by atoms with Crippen LogP contribution >= 0.6 is 0 Å². The minimum Gasteiger partial charge on any atom is -0.476 e. The van der Waals surface area contributed by atoms with E-state index >= 15 is 0 Å². The fraction of sp³-hybridized carbons (Fsp3) is 0.812. The highest BCUT2D eigenvalue weighted by atomic mass is 16.6. The summed E-state index contributed by atoms with van der Waals surface area (Å²) in [6.07, 6.45) is 12.4. The summed E-state index contributed by atoms with van der Waals surface area (Å²) in [5, 5.41) is 23.7. The van der Waals surface area contributed by atoms with Gasteiger partial charge < -0.3 is 9.94 Å². The van der Waals surface area contributed by atoms with Crippen LogP contribution in [-0.4, -0.2) is 44.1 Å².